The number of rotatable bonds is 2. The van der Waals surface area contributed by atoms with Gasteiger partial charge in [-0.2, -0.15) is 0 Å². The largest absolute Gasteiger partial charge is 0.393 e. The smallest absolute Gasteiger partial charge is 0.254 e. The lowest BCUT2D eigenvalue weighted by Crippen LogP contribution is -2.26. The van der Waals surface area contributed by atoms with E-state index < -0.39 is 0 Å². The van der Waals surface area contributed by atoms with Crippen LogP contribution in [-0.4, -0.2) is 11.2 Å². The van der Waals surface area contributed by atoms with Crippen LogP contribution >= 0.6 is 11.8 Å². The van der Waals surface area contributed by atoms with Crippen LogP contribution < -0.4 is 11.1 Å². The Morgan fingerprint density at radius 2 is 1.95 bits per heavy atom. The third-order valence-electron chi connectivity index (χ3n) is 4.17. The summed E-state index contributed by atoms with van der Waals surface area (Å²) in [6.07, 6.45) is 4.73. The maximum Gasteiger partial charge on any atom is 0.254 e. The van der Waals surface area contributed by atoms with Crippen molar-refractivity contribution in [3.63, 3.8) is 0 Å². The summed E-state index contributed by atoms with van der Waals surface area (Å²) in [6, 6.07) is 7.87. The van der Waals surface area contributed by atoms with Crippen molar-refractivity contribution >= 4 is 23.4 Å². The van der Waals surface area contributed by atoms with Crippen molar-refractivity contribution in [1.82, 2.24) is 0 Å². The Morgan fingerprint density at radius 1 is 1.25 bits per heavy atom. The SMILES string of the molecule is Cc1ccc(NC(=O)C2=C(N)S[C@@H]3CCCC[C@H]23)cc1. The quantitative estimate of drug-likeness (QED) is 0.877. The van der Waals surface area contributed by atoms with E-state index in [2.05, 4.69) is 5.32 Å². The number of amides is 1. The molecular weight excluding hydrogens is 268 g/mol. The highest BCUT2D eigenvalue weighted by atomic mass is 32.2. The lowest BCUT2D eigenvalue weighted by Gasteiger charge is -2.25. The van der Waals surface area contributed by atoms with Gasteiger partial charge in [-0.25, -0.2) is 0 Å². The Morgan fingerprint density at radius 3 is 2.70 bits per heavy atom. The average Bonchev–Trinajstić information content (AvgIpc) is 2.77. The predicted molar refractivity (Wildman–Crippen MR) is 84.4 cm³/mol. The zero-order chi connectivity index (χ0) is 14.1. The Labute approximate surface area is 124 Å². The van der Waals surface area contributed by atoms with Crippen LogP contribution in [-0.2, 0) is 4.79 Å². The minimum atomic E-state index is -0.0201. The van der Waals surface area contributed by atoms with Gasteiger partial charge in [-0.1, -0.05) is 30.5 Å². The molecule has 1 heterocycles. The summed E-state index contributed by atoms with van der Waals surface area (Å²) in [5, 5.41) is 4.23. The van der Waals surface area contributed by atoms with Crippen molar-refractivity contribution in [2.24, 2.45) is 11.7 Å². The molecular formula is C16H20N2OS. The Balaban J connectivity index is 1.76. The van der Waals surface area contributed by atoms with Crippen molar-refractivity contribution in [3.05, 3.63) is 40.4 Å². The van der Waals surface area contributed by atoms with E-state index in [9.17, 15) is 4.79 Å². The van der Waals surface area contributed by atoms with Gasteiger partial charge in [0.25, 0.3) is 5.91 Å². The van der Waals surface area contributed by atoms with Gasteiger partial charge in [0.05, 0.1) is 10.6 Å². The van der Waals surface area contributed by atoms with Crippen molar-refractivity contribution < 1.29 is 4.79 Å². The van der Waals surface area contributed by atoms with Crippen molar-refractivity contribution in [1.29, 1.82) is 0 Å². The van der Waals surface area contributed by atoms with Crippen LogP contribution in [0.25, 0.3) is 0 Å². The number of thioether (sulfide) groups is 1. The molecule has 3 N–H and O–H groups in total. The molecule has 0 saturated heterocycles. The van der Waals surface area contributed by atoms with E-state index in [0.29, 0.717) is 11.2 Å². The lowest BCUT2D eigenvalue weighted by atomic mass is 9.83. The first-order valence-corrected chi connectivity index (χ1v) is 8.07. The Kier molecular flexibility index (Phi) is 3.74. The number of fused-ring (bicyclic) bond motifs is 1. The van der Waals surface area contributed by atoms with Crippen LogP contribution in [0.15, 0.2) is 34.9 Å². The minimum Gasteiger partial charge on any atom is -0.393 e. The standard InChI is InChI=1S/C16H20N2OS/c1-10-6-8-11(9-7-10)18-16(19)14-12-4-2-3-5-13(12)20-15(14)17/h6-9,12-13H,2-5,17H2,1H3,(H,18,19)/t12-,13+/m0/s1. The first-order chi connectivity index (χ1) is 9.65. The molecule has 1 amide bonds. The second kappa shape index (κ2) is 5.52. The molecule has 0 unspecified atom stereocenters. The first kappa shape index (κ1) is 13.6. The second-order valence-electron chi connectivity index (χ2n) is 5.65. The van der Waals surface area contributed by atoms with E-state index in [1.165, 1.54) is 24.8 Å². The van der Waals surface area contributed by atoms with Gasteiger partial charge in [-0.05, 0) is 31.9 Å². The van der Waals surface area contributed by atoms with E-state index in [-0.39, 0.29) is 5.91 Å². The number of nitrogens with two attached hydrogens (primary N) is 1. The minimum absolute atomic E-state index is 0.0201. The van der Waals surface area contributed by atoms with E-state index in [0.717, 1.165) is 22.7 Å². The monoisotopic (exact) mass is 288 g/mol. The van der Waals surface area contributed by atoms with E-state index in [4.69, 9.17) is 5.73 Å². The molecule has 1 aliphatic heterocycles. The van der Waals surface area contributed by atoms with Gasteiger partial charge in [-0.3, -0.25) is 4.79 Å². The normalized spacial score (nSPS) is 25.4. The molecule has 1 fully saturated rings. The molecule has 1 aromatic rings. The van der Waals surface area contributed by atoms with E-state index in [1.807, 2.05) is 31.2 Å². The number of aryl methyl sites for hydroxylation is 1. The van der Waals surface area contributed by atoms with E-state index >= 15 is 0 Å². The summed E-state index contributed by atoms with van der Waals surface area (Å²) < 4.78 is 0. The fourth-order valence-electron chi connectivity index (χ4n) is 3.09. The van der Waals surface area contributed by atoms with Crippen LogP contribution in [0, 0.1) is 12.8 Å². The molecule has 4 heteroatoms. The van der Waals surface area contributed by atoms with Crippen molar-refractivity contribution in [2.45, 2.75) is 37.9 Å². The van der Waals surface area contributed by atoms with E-state index in [1.54, 1.807) is 11.8 Å². The molecule has 0 radical (unpaired) electrons. The topological polar surface area (TPSA) is 55.1 Å². The first-order valence-electron chi connectivity index (χ1n) is 7.19. The molecule has 106 valence electrons. The average molecular weight is 288 g/mol. The Hall–Kier alpha value is -1.42. The zero-order valence-electron chi connectivity index (χ0n) is 11.7. The third-order valence-corrected chi connectivity index (χ3v) is 5.51. The van der Waals surface area contributed by atoms with Crippen LogP contribution in [0.2, 0.25) is 0 Å². The molecule has 1 saturated carbocycles. The molecule has 1 aromatic carbocycles. The summed E-state index contributed by atoms with van der Waals surface area (Å²) in [6.45, 7) is 2.03. The van der Waals surface area contributed by atoms with Gasteiger partial charge < -0.3 is 11.1 Å². The number of hydrogen-bond donors (Lipinski definition) is 2. The molecule has 2 aliphatic rings. The summed E-state index contributed by atoms with van der Waals surface area (Å²) in [4.78, 5) is 12.5. The summed E-state index contributed by atoms with van der Waals surface area (Å²) in [5.41, 5.74) is 8.94. The molecule has 20 heavy (non-hydrogen) atoms. The summed E-state index contributed by atoms with van der Waals surface area (Å²) >= 11 is 1.70. The molecule has 0 spiro atoms. The maximum atomic E-state index is 12.5. The fraction of sp³-hybridized carbons (Fsp3) is 0.438. The molecule has 0 bridgehead atoms. The zero-order valence-corrected chi connectivity index (χ0v) is 12.5. The number of benzene rings is 1. The molecule has 3 rings (SSSR count). The molecule has 1 aliphatic carbocycles. The molecule has 2 atom stereocenters. The van der Waals surface area contributed by atoms with Crippen molar-refractivity contribution in [3.8, 4) is 0 Å². The van der Waals surface area contributed by atoms with Gasteiger partial charge in [0, 0.05) is 16.9 Å². The maximum absolute atomic E-state index is 12.5. The van der Waals surface area contributed by atoms with Crippen molar-refractivity contribution in [2.75, 3.05) is 5.32 Å². The highest BCUT2D eigenvalue weighted by molar-refractivity contribution is 8.03. The van der Waals surface area contributed by atoms with Crippen LogP contribution in [0.4, 0.5) is 5.69 Å². The fourth-order valence-corrected chi connectivity index (χ4v) is 4.51. The van der Waals surface area contributed by atoms with Gasteiger partial charge >= 0.3 is 0 Å². The molecule has 0 aromatic heterocycles. The molecule has 3 nitrogen and oxygen atoms in total. The van der Waals surface area contributed by atoms with Gasteiger partial charge in [-0.15, -0.1) is 11.8 Å². The van der Waals surface area contributed by atoms with Crippen LogP contribution in [0.1, 0.15) is 31.2 Å². The highest BCUT2D eigenvalue weighted by Gasteiger charge is 2.39. The van der Waals surface area contributed by atoms with Gasteiger partial charge in [0.15, 0.2) is 0 Å². The summed E-state index contributed by atoms with van der Waals surface area (Å²) in [7, 11) is 0. The number of carbonyl (C=O) groups excluding carboxylic acids is 1. The van der Waals surface area contributed by atoms with Crippen LogP contribution in [0.3, 0.4) is 0 Å². The predicted octanol–water partition coefficient (Wildman–Crippen LogP) is 3.41. The number of anilines is 1. The lowest BCUT2D eigenvalue weighted by molar-refractivity contribution is -0.113. The third kappa shape index (κ3) is 2.57. The van der Waals surface area contributed by atoms with Crippen LogP contribution in [0.5, 0.6) is 0 Å². The summed E-state index contributed by atoms with van der Waals surface area (Å²) in [5.74, 6) is 0.326. The van der Waals surface area contributed by atoms with Gasteiger partial charge in [0.2, 0.25) is 0 Å². The number of carbonyl (C=O) groups is 1. The second-order valence-corrected chi connectivity index (χ2v) is 6.93. The highest BCUT2D eigenvalue weighted by Crippen LogP contribution is 2.47. The Bertz CT molecular complexity index is 550. The van der Waals surface area contributed by atoms with Gasteiger partial charge in [0.1, 0.15) is 0 Å². The number of hydrogen-bond acceptors (Lipinski definition) is 3. The number of nitrogens with one attached hydrogen (secondary N) is 1.